The lowest BCUT2D eigenvalue weighted by Gasteiger charge is -2.30. The number of likely N-dealkylation sites (tertiary alicyclic amines) is 1. The summed E-state index contributed by atoms with van der Waals surface area (Å²) in [7, 11) is 4.48. The second kappa shape index (κ2) is 6.68. The maximum Gasteiger partial charge on any atom is 0.328 e. The molecule has 2 rings (SSSR count). The van der Waals surface area contributed by atoms with Crippen molar-refractivity contribution in [1.82, 2.24) is 4.90 Å². The lowest BCUT2D eigenvalue weighted by atomic mass is 10.0. The zero-order valence-electron chi connectivity index (χ0n) is 13.3. The number of rotatable bonds is 5. The molecule has 1 saturated heterocycles. The summed E-state index contributed by atoms with van der Waals surface area (Å²) in [6.45, 7) is 1.88. The predicted molar refractivity (Wildman–Crippen MR) is 79.8 cm³/mol. The third-order valence-electron chi connectivity index (χ3n) is 4.04. The number of benzene rings is 1. The maximum atomic E-state index is 12.2. The molecule has 0 saturated carbocycles. The Morgan fingerprint density at radius 2 is 2.00 bits per heavy atom. The number of hydrogen-bond donors (Lipinski definition) is 0. The van der Waals surface area contributed by atoms with Gasteiger partial charge in [-0.25, -0.2) is 4.79 Å². The van der Waals surface area contributed by atoms with Crippen molar-refractivity contribution < 1.29 is 23.8 Å². The Labute approximate surface area is 129 Å². The molecule has 0 bridgehead atoms. The highest BCUT2D eigenvalue weighted by molar-refractivity contribution is 5.88. The molecule has 1 fully saturated rings. The van der Waals surface area contributed by atoms with Gasteiger partial charge in [-0.05, 0) is 25.5 Å². The molecule has 120 valence electrons. The zero-order chi connectivity index (χ0) is 16.3. The van der Waals surface area contributed by atoms with E-state index in [1.807, 2.05) is 19.1 Å². The van der Waals surface area contributed by atoms with E-state index in [1.165, 1.54) is 7.11 Å². The fraction of sp³-hybridized carbons (Fsp3) is 0.500. The highest BCUT2D eigenvalue weighted by Gasteiger charge is 2.40. The van der Waals surface area contributed by atoms with Crippen LogP contribution in [0.15, 0.2) is 18.2 Å². The van der Waals surface area contributed by atoms with Crippen molar-refractivity contribution in [2.75, 3.05) is 21.3 Å². The minimum absolute atomic E-state index is 0.0548. The lowest BCUT2D eigenvalue weighted by Crippen LogP contribution is -2.41. The Morgan fingerprint density at radius 3 is 2.59 bits per heavy atom. The summed E-state index contributed by atoms with van der Waals surface area (Å²) in [6.07, 6.45) is 0.830. The minimum atomic E-state index is -0.542. The van der Waals surface area contributed by atoms with Crippen molar-refractivity contribution in [3.8, 4) is 11.5 Å². The highest BCUT2D eigenvalue weighted by atomic mass is 16.5. The average molecular weight is 307 g/mol. The van der Waals surface area contributed by atoms with Crippen LogP contribution >= 0.6 is 0 Å². The summed E-state index contributed by atoms with van der Waals surface area (Å²) in [6, 6.07) is 4.59. The van der Waals surface area contributed by atoms with Gasteiger partial charge in [-0.2, -0.15) is 0 Å². The monoisotopic (exact) mass is 307 g/mol. The number of nitrogens with zero attached hydrogens (tertiary/aromatic N) is 1. The Kier molecular flexibility index (Phi) is 4.90. The number of methoxy groups -OCH3 is 3. The van der Waals surface area contributed by atoms with E-state index in [0.717, 1.165) is 5.56 Å². The Hall–Kier alpha value is -2.24. The molecule has 2 unspecified atom stereocenters. The molecule has 1 amide bonds. The first kappa shape index (κ1) is 16.1. The van der Waals surface area contributed by atoms with Crippen LogP contribution in [0, 0.1) is 0 Å². The molecule has 1 aromatic rings. The number of carbonyl (C=O) groups is 2. The van der Waals surface area contributed by atoms with Crippen molar-refractivity contribution in [2.24, 2.45) is 0 Å². The zero-order valence-corrected chi connectivity index (χ0v) is 13.3. The molecule has 0 N–H and O–H groups in total. The average Bonchev–Trinajstić information content (AvgIpc) is 2.94. The SMILES string of the molecule is COC(=O)C1CCC(=O)N1C(C)c1ccc(OC)cc1OC. The van der Waals surface area contributed by atoms with E-state index in [0.29, 0.717) is 24.3 Å². The van der Waals surface area contributed by atoms with Crippen molar-refractivity contribution in [3.05, 3.63) is 23.8 Å². The smallest absolute Gasteiger partial charge is 0.328 e. The van der Waals surface area contributed by atoms with E-state index in [-0.39, 0.29) is 17.9 Å². The van der Waals surface area contributed by atoms with E-state index in [2.05, 4.69) is 0 Å². The molecule has 1 aliphatic rings. The number of carbonyl (C=O) groups excluding carboxylic acids is 2. The van der Waals surface area contributed by atoms with Gasteiger partial charge >= 0.3 is 5.97 Å². The van der Waals surface area contributed by atoms with Crippen molar-refractivity contribution in [1.29, 1.82) is 0 Å². The van der Waals surface area contributed by atoms with Crippen LogP contribution in [0.2, 0.25) is 0 Å². The van der Waals surface area contributed by atoms with E-state index < -0.39 is 6.04 Å². The third kappa shape index (κ3) is 2.86. The molecule has 0 aliphatic carbocycles. The minimum Gasteiger partial charge on any atom is -0.497 e. The van der Waals surface area contributed by atoms with Crippen LogP contribution in [0.5, 0.6) is 11.5 Å². The van der Waals surface area contributed by atoms with E-state index >= 15 is 0 Å². The molecule has 0 aromatic heterocycles. The topological polar surface area (TPSA) is 65.1 Å². The van der Waals surface area contributed by atoms with Crippen molar-refractivity contribution in [2.45, 2.75) is 31.8 Å². The third-order valence-corrected chi connectivity index (χ3v) is 4.04. The molecule has 2 atom stereocenters. The first-order valence-electron chi connectivity index (χ1n) is 7.14. The summed E-state index contributed by atoms with van der Waals surface area (Å²) < 4.78 is 15.4. The molecule has 6 heteroatoms. The lowest BCUT2D eigenvalue weighted by molar-refractivity contribution is -0.150. The molecule has 1 heterocycles. The van der Waals surface area contributed by atoms with E-state index in [1.54, 1.807) is 25.2 Å². The largest absolute Gasteiger partial charge is 0.497 e. The number of ether oxygens (including phenoxy) is 3. The normalized spacial score (nSPS) is 19.0. The Bertz CT molecular complexity index is 572. The predicted octanol–water partition coefficient (Wildman–Crippen LogP) is 1.93. The van der Waals surface area contributed by atoms with Crippen molar-refractivity contribution in [3.63, 3.8) is 0 Å². The summed E-state index contributed by atoms with van der Waals surface area (Å²) in [5, 5.41) is 0. The molecular weight excluding hydrogens is 286 g/mol. The van der Waals surface area contributed by atoms with Crippen LogP contribution in [-0.4, -0.2) is 44.1 Å². The molecule has 1 aromatic carbocycles. The van der Waals surface area contributed by atoms with Gasteiger partial charge in [0.05, 0.1) is 27.4 Å². The van der Waals surface area contributed by atoms with Gasteiger partial charge in [0.15, 0.2) is 0 Å². The van der Waals surface area contributed by atoms with E-state index in [4.69, 9.17) is 14.2 Å². The van der Waals surface area contributed by atoms with Gasteiger partial charge in [0.1, 0.15) is 17.5 Å². The molecule has 6 nitrogen and oxygen atoms in total. The van der Waals surface area contributed by atoms with Gasteiger partial charge in [0, 0.05) is 18.1 Å². The standard InChI is InChI=1S/C16H21NO5/c1-10(12-6-5-11(20-2)9-14(12)21-3)17-13(16(19)22-4)7-8-15(17)18/h5-6,9-10,13H,7-8H2,1-4H3. The van der Waals surface area contributed by atoms with Gasteiger partial charge in [-0.15, -0.1) is 0 Å². The second-order valence-electron chi connectivity index (χ2n) is 5.16. The number of esters is 1. The van der Waals surface area contributed by atoms with Crippen LogP contribution in [0.3, 0.4) is 0 Å². The Morgan fingerprint density at radius 1 is 1.27 bits per heavy atom. The molecule has 0 spiro atoms. The quantitative estimate of drug-likeness (QED) is 0.778. The van der Waals surface area contributed by atoms with Gasteiger partial charge in [0.2, 0.25) is 5.91 Å². The summed E-state index contributed by atoms with van der Waals surface area (Å²) in [5.41, 5.74) is 0.826. The summed E-state index contributed by atoms with van der Waals surface area (Å²) in [5.74, 6) is 0.853. The van der Waals surface area contributed by atoms with Gasteiger partial charge in [-0.1, -0.05) is 0 Å². The molecule has 1 aliphatic heterocycles. The first-order chi connectivity index (χ1) is 10.5. The molecule has 0 radical (unpaired) electrons. The fourth-order valence-electron chi connectivity index (χ4n) is 2.87. The van der Waals surface area contributed by atoms with Crippen LogP contribution < -0.4 is 9.47 Å². The fourth-order valence-corrected chi connectivity index (χ4v) is 2.87. The molecule has 22 heavy (non-hydrogen) atoms. The summed E-state index contributed by atoms with van der Waals surface area (Å²) in [4.78, 5) is 25.7. The Balaban J connectivity index is 2.35. The maximum absolute atomic E-state index is 12.2. The molecular formula is C16H21NO5. The van der Waals surface area contributed by atoms with Crippen molar-refractivity contribution >= 4 is 11.9 Å². The van der Waals surface area contributed by atoms with Gasteiger partial charge in [-0.3, -0.25) is 4.79 Å². The van der Waals surface area contributed by atoms with Crippen LogP contribution in [0.4, 0.5) is 0 Å². The number of amides is 1. The van der Waals surface area contributed by atoms with E-state index in [9.17, 15) is 9.59 Å². The number of hydrogen-bond acceptors (Lipinski definition) is 5. The summed E-state index contributed by atoms with van der Waals surface area (Å²) >= 11 is 0. The second-order valence-corrected chi connectivity index (χ2v) is 5.16. The van der Waals surface area contributed by atoms with Gasteiger partial charge in [0.25, 0.3) is 0 Å². The highest BCUT2D eigenvalue weighted by Crippen LogP contribution is 2.36. The van der Waals surface area contributed by atoms with Crippen LogP contribution in [-0.2, 0) is 14.3 Å². The van der Waals surface area contributed by atoms with Crippen LogP contribution in [0.1, 0.15) is 31.4 Å². The van der Waals surface area contributed by atoms with Gasteiger partial charge < -0.3 is 19.1 Å². The van der Waals surface area contributed by atoms with Crippen LogP contribution in [0.25, 0.3) is 0 Å². The first-order valence-corrected chi connectivity index (χ1v) is 7.14.